The van der Waals surface area contributed by atoms with Crippen LogP contribution >= 0.6 is 11.8 Å². The van der Waals surface area contributed by atoms with E-state index in [0.29, 0.717) is 36.1 Å². The zero-order chi connectivity index (χ0) is 22.9. The molecule has 4 rings (SSSR count). The molecule has 3 aromatic rings. The summed E-state index contributed by atoms with van der Waals surface area (Å²) < 4.78 is 33.3. The molecule has 2 heterocycles. The van der Waals surface area contributed by atoms with Crippen LogP contribution in [0.15, 0.2) is 62.7 Å². The summed E-state index contributed by atoms with van der Waals surface area (Å²) in [6, 6.07) is 14.6. The summed E-state index contributed by atoms with van der Waals surface area (Å²) in [5.74, 6) is 1.32. The number of benzene rings is 2. The summed E-state index contributed by atoms with van der Waals surface area (Å²) in [4.78, 5) is 20.1. The monoisotopic (exact) mass is 471 g/mol. The number of carbonyl (C=O) groups is 1. The lowest BCUT2D eigenvalue weighted by Gasteiger charge is -2.29. The Balaban J connectivity index is 1.70. The molecule has 1 aliphatic rings. The van der Waals surface area contributed by atoms with Gasteiger partial charge in [0.25, 0.3) is 0 Å². The summed E-state index contributed by atoms with van der Waals surface area (Å²) in [5, 5.41) is 0. The molecule has 0 N–H and O–H groups in total. The average molecular weight is 472 g/mol. The molecule has 0 spiro atoms. The van der Waals surface area contributed by atoms with Crippen molar-refractivity contribution in [1.82, 2.24) is 9.29 Å². The molecule has 1 aromatic heterocycles. The Hall–Kier alpha value is -2.62. The van der Waals surface area contributed by atoms with Gasteiger partial charge in [-0.1, -0.05) is 32.0 Å². The van der Waals surface area contributed by atoms with E-state index in [0.717, 1.165) is 10.5 Å². The SMILES string of the molecule is CCN(CC)S(=O)(=O)c1ccc2c(c1)N(Cc1nc(-c3ccccc3)oc1C)C(=O)CS2. The third-order valence-electron chi connectivity index (χ3n) is 5.44. The molecule has 0 atom stereocenters. The minimum absolute atomic E-state index is 0.0939. The standard InChI is InChI=1S/C23H25N3O4S2/c1-4-25(5-2)32(28,29)18-11-12-21-20(13-18)26(22(27)15-31-21)14-19-16(3)30-23(24-19)17-9-7-6-8-10-17/h6-13H,4-5,14-15H2,1-3H3. The van der Waals surface area contributed by atoms with Crippen molar-refractivity contribution in [1.29, 1.82) is 0 Å². The topological polar surface area (TPSA) is 83.7 Å². The first-order valence-electron chi connectivity index (χ1n) is 10.4. The number of aryl methyl sites for hydroxylation is 1. The van der Waals surface area contributed by atoms with Crippen LogP contribution < -0.4 is 4.90 Å². The van der Waals surface area contributed by atoms with E-state index in [9.17, 15) is 13.2 Å². The zero-order valence-corrected chi connectivity index (χ0v) is 19.9. The highest BCUT2D eigenvalue weighted by molar-refractivity contribution is 8.00. The minimum Gasteiger partial charge on any atom is -0.441 e. The van der Waals surface area contributed by atoms with Gasteiger partial charge in [0.05, 0.1) is 22.9 Å². The molecular weight excluding hydrogens is 446 g/mol. The van der Waals surface area contributed by atoms with E-state index >= 15 is 0 Å². The highest BCUT2D eigenvalue weighted by Crippen LogP contribution is 2.38. The number of sulfonamides is 1. The van der Waals surface area contributed by atoms with Crippen LogP contribution in [0.1, 0.15) is 25.3 Å². The van der Waals surface area contributed by atoms with Crippen LogP contribution in [0, 0.1) is 6.92 Å². The van der Waals surface area contributed by atoms with Crippen molar-refractivity contribution in [3.63, 3.8) is 0 Å². The fourth-order valence-electron chi connectivity index (χ4n) is 3.66. The van der Waals surface area contributed by atoms with Gasteiger partial charge in [-0.3, -0.25) is 4.79 Å². The molecule has 1 amide bonds. The average Bonchev–Trinajstić information content (AvgIpc) is 3.17. The zero-order valence-electron chi connectivity index (χ0n) is 18.2. The van der Waals surface area contributed by atoms with Gasteiger partial charge < -0.3 is 9.32 Å². The van der Waals surface area contributed by atoms with Crippen molar-refractivity contribution in [2.75, 3.05) is 23.7 Å². The molecular formula is C23H25N3O4S2. The highest BCUT2D eigenvalue weighted by Gasteiger charge is 2.30. The summed E-state index contributed by atoms with van der Waals surface area (Å²) in [6.07, 6.45) is 0. The molecule has 0 aliphatic carbocycles. The Kier molecular flexibility index (Phi) is 6.41. The molecule has 1 aliphatic heterocycles. The first kappa shape index (κ1) is 22.6. The van der Waals surface area contributed by atoms with Crippen molar-refractivity contribution >= 4 is 33.4 Å². The van der Waals surface area contributed by atoms with Crippen LogP contribution in [0.5, 0.6) is 0 Å². The van der Waals surface area contributed by atoms with Crippen LogP contribution in [0.2, 0.25) is 0 Å². The third-order valence-corrected chi connectivity index (χ3v) is 8.53. The number of carbonyl (C=O) groups excluding carboxylic acids is 1. The van der Waals surface area contributed by atoms with Gasteiger partial charge in [0, 0.05) is 23.5 Å². The lowest BCUT2D eigenvalue weighted by atomic mass is 10.2. The number of hydrogen-bond donors (Lipinski definition) is 0. The van der Waals surface area contributed by atoms with E-state index in [1.54, 1.807) is 23.1 Å². The Bertz CT molecular complexity index is 1240. The molecule has 7 nitrogen and oxygen atoms in total. The second-order valence-electron chi connectivity index (χ2n) is 7.38. The molecule has 0 saturated carbocycles. The lowest BCUT2D eigenvalue weighted by Crippen LogP contribution is -2.36. The summed E-state index contributed by atoms with van der Waals surface area (Å²) in [6.45, 7) is 6.41. The van der Waals surface area contributed by atoms with Gasteiger partial charge in [-0.15, -0.1) is 11.8 Å². The number of aromatic nitrogens is 1. The van der Waals surface area contributed by atoms with Crippen LogP contribution in [0.4, 0.5) is 5.69 Å². The molecule has 168 valence electrons. The molecule has 0 radical (unpaired) electrons. The quantitative estimate of drug-likeness (QED) is 0.510. The van der Waals surface area contributed by atoms with Crippen molar-refractivity contribution < 1.29 is 17.6 Å². The maximum atomic E-state index is 13.0. The van der Waals surface area contributed by atoms with Gasteiger partial charge in [-0.05, 0) is 37.3 Å². The number of thioether (sulfide) groups is 1. The molecule has 2 aromatic carbocycles. The Morgan fingerprint density at radius 2 is 1.84 bits per heavy atom. The predicted octanol–water partition coefficient (Wildman–Crippen LogP) is 4.32. The Labute approximate surface area is 192 Å². The molecule has 32 heavy (non-hydrogen) atoms. The van der Waals surface area contributed by atoms with Gasteiger partial charge >= 0.3 is 0 Å². The van der Waals surface area contributed by atoms with Crippen LogP contribution in [-0.4, -0.2) is 42.5 Å². The maximum absolute atomic E-state index is 13.0. The fraction of sp³-hybridized carbons (Fsp3) is 0.304. The number of fused-ring (bicyclic) bond motifs is 1. The fourth-order valence-corrected chi connectivity index (χ4v) is 6.05. The van der Waals surface area contributed by atoms with Crippen molar-refractivity contribution in [2.45, 2.75) is 37.1 Å². The van der Waals surface area contributed by atoms with E-state index in [1.807, 2.05) is 51.1 Å². The first-order valence-corrected chi connectivity index (χ1v) is 12.9. The van der Waals surface area contributed by atoms with Gasteiger partial charge in [0.2, 0.25) is 21.8 Å². The molecule has 0 saturated heterocycles. The predicted molar refractivity (Wildman–Crippen MR) is 125 cm³/mol. The normalized spacial score (nSPS) is 14.1. The van der Waals surface area contributed by atoms with Crippen molar-refractivity contribution in [3.8, 4) is 11.5 Å². The molecule has 0 bridgehead atoms. The van der Waals surface area contributed by atoms with E-state index in [-0.39, 0.29) is 23.1 Å². The number of nitrogens with zero attached hydrogens (tertiary/aromatic N) is 3. The van der Waals surface area contributed by atoms with Crippen LogP contribution in [0.3, 0.4) is 0 Å². The summed E-state index contributed by atoms with van der Waals surface area (Å²) in [5.41, 5.74) is 2.09. The van der Waals surface area contributed by atoms with Crippen LogP contribution in [-0.2, 0) is 21.4 Å². The smallest absolute Gasteiger partial charge is 0.243 e. The van der Waals surface area contributed by atoms with E-state index in [4.69, 9.17) is 4.42 Å². The van der Waals surface area contributed by atoms with Gasteiger partial charge in [-0.2, -0.15) is 4.31 Å². The lowest BCUT2D eigenvalue weighted by molar-refractivity contribution is -0.116. The van der Waals surface area contributed by atoms with Crippen molar-refractivity contribution in [2.24, 2.45) is 0 Å². The number of anilines is 1. The Morgan fingerprint density at radius 3 is 2.53 bits per heavy atom. The van der Waals surface area contributed by atoms with E-state index < -0.39 is 10.0 Å². The van der Waals surface area contributed by atoms with Gasteiger partial charge in [-0.25, -0.2) is 13.4 Å². The van der Waals surface area contributed by atoms with Crippen molar-refractivity contribution in [3.05, 3.63) is 60.0 Å². The first-order chi connectivity index (χ1) is 15.3. The number of hydrogen-bond acceptors (Lipinski definition) is 6. The summed E-state index contributed by atoms with van der Waals surface area (Å²) >= 11 is 1.41. The van der Waals surface area contributed by atoms with Crippen LogP contribution in [0.25, 0.3) is 11.5 Å². The maximum Gasteiger partial charge on any atom is 0.243 e. The largest absolute Gasteiger partial charge is 0.441 e. The summed E-state index contributed by atoms with van der Waals surface area (Å²) in [7, 11) is -3.64. The van der Waals surface area contributed by atoms with Gasteiger partial charge in [0.1, 0.15) is 11.5 Å². The van der Waals surface area contributed by atoms with E-state index in [1.165, 1.54) is 16.1 Å². The highest BCUT2D eigenvalue weighted by atomic mass is 32.2. The Morgan fingerprint density at radius 1 is 1.12 bits per heavy atom. The van der Waals surface area contributed by atoms with E-state index in [2.05, 4.69) is 4.98 Å². The molecule has 9 heteroatoms. The molecule has 0 unspecified atom stereocenters. The van der Waals surface area contributed by atoms with Gasteiger partial charge in [0.15, 0.2) is 0 Å². The second kappa shape index (κ2) is 9.09. The second-order valence-corrected chi connectivity index (χ2v) is 10.3. The number of rotatable bonds is 7. The minimum atomic E-state index is -3.64. The third kappa shape index (κ3) is 4.20. The number of oxazole rings is 1. The molecule has 0 fully saturated rings. The number of amides is 1.